The highest BCUT2D eigenvalue weighted by Gasteiger charge is 2.18. The molecule has 1 aromatic carbocycles. The Morgan fingerprint density at radius 3 is 2.80 bits per heavy atom. The van der Waals surface area contributed by atoms with Gasteiger partial charge in [-0.2, -0.15) is 0 Å². The molecule has 0 radical (unpaired) electrons. The largest absolute Gasteiger partial charge is 0.459 e. The fourth-order valence-corrected chi connectivity index (χ4v) is 2.13. The molecular formula is C12H10FN3O3S. The second-order valence-corrected chi connectivity index (χ2v) is 4.54. The number of hydrogen-bond acceptors (Lipinski definition) is 6. The predicted octanol–water partition coefficient (Wildman–Crippen LogP) is 1.85. The normalized spacial score (nSPS) is 10.1. The third-order valence-electron chi connectivity index (χ3n) is 2.21. The zero-order valence-electron chi connectivity index (χ0n) is 10.4. The maximum atomic E-state index is 13.6. The fourth-order valence-electron chi connectivity index (χ4n) is 1.36. The molecule has 2 rings (SSSR count). The molecule has 0 aliphatic rings. The molecule has 0 atom stereocenters. The molecule has 1 N–H and O–H groups in total. The molecule has 104 valence electrons. The number of benzene rings is 1. The van der Waals surface area contributed by atoms with Crippen molar-refractivity contribution in [1.29, 1.82) is 0 Å². The van der Waals surface area contributed by atoms with Crippen LogP contribution >= 0.6 is 11.3 Å². The predicted molar refractivity (Wildman–Crippen MR) is 70.6 cm³/mol. The highest BCUT2D eigenvalue weighted by molar-refractivity contribution is 7.18. The van der Waals surface area contributed by atoms with Crippen molar-refractivity contribution < 1.29 is 18.7 Å². The van der Waals surface area contributed by atoms with Crippen molar-refractivity contribution in [3.8, 4) is 10.6 Å². The summed E-state index contributed by atoms with van der Waals surface area (Å²) in [5, 5.41) is 10.1. The van der Waals surface area contributed by atoms with Gasteiger partial charge in [0, 0.05) is 5.56 Å². The molecule has 0 aliphatic heterocycles. The average molecular weight is 295 g/mol. The van der Waals surface area contributed by atoms with Gasteiger partial charge in [0.25, 0.3) is 0 Å². The number of halogens is 1. The molecule has 0 saturated heterocycles. The summed E-state index contributed by atoms with van der Waals surface area (Å²) in [6, 6.07) is 6.07. The van der Waals surface area contributed by atoms with Crippen molar-refractivity contribution in [3.05, 3.63) is 30.1 Å². The first-order valence-electron chi connectivity index (χ1n) is 5.68. The molecule has 0 fully saturated rings. The number of hydrogen-bond donors (Lipinski definition) is 1. The second-order valence-electron chi connectivity index (χ2n) is 3.57. The van der Waals surface area contributed by atoms with Gasteiger partial charge in [-0.25, -0.2) is 9.18 Å². The molecular weight excluding hydrogens is 285 g/mol. The number of esters is 1. The van der Waals surface area contributed by atoms with Gasteiger partial charge in [-0.3, -0.25) is 10.1 Å². The molecule has 0 bridgehead atoms. The van der Waals surface area contributed by atoms with E-state index in [4.69, 9.17) is 0 Å². The lowest BCUT2D eigenvalue weighted by Gasteiger charge is -1.99. The van der Waals surface area contributed by atoms with Crippen molar-refractivity contribution in [2.75, 3.05) is 11.9 Å². The van der Waals surface area contributed by atoms with Crippen LogP contribution in [-0.2, 0) is 14.3 Å². The summed E-state index contributed by atoms with van der Waals surface area (Å²) in [6.45, 7) is 1.69. The number of nitrogens with zero attached hydrogens (tertiary/aromatic N) is 2. The lowest BCUT2D eigenvalue weighted by atomic mass is 10.2. The SMILES string of the molecule is CCOC(=O)C(=O)Nc1nnc(-c2ccccc2F)s1. The topological polar surface area (TPSA) is 81.2 Å². The van der Waals surface area contributed by atoms with Crippen molar-refractivity contribution in [1.82, 2.24) is 10.2 Å². The van der Waals surface area contributed by atoms with Crippen molar-refractivity contribution in [2.24, 2.45) is 0 Å². The monoisotopic (exact) mass is 295 g/mol. The summed E-state index contributed by atoms with van der Waals surface area (Å²) < 4.78 is 18.1. The van der Waals surface area contributed by atoms with Crippen LogP contribution in [0, 0.1) is 5.82 Å². The first-order chi connectivity index (χ1) is 9.61. The van der Waals surface area contributed by atoms with Gasteiger partial charge >= 0.3 is 11.9 Å². The van der Waals surface area contributed by atoms with Gasteiger partial charge in [0.15, 0.2) is 5.01 Å². The Morgan fingerprint density at radius 1 is 1.35 bits per heavy atom. The first-order valence-corrected chi connectivity index (χ1v) is 6.50. The van der Waals surface area contributed by atoms with E-state index in [2.05, 4.69) is 20.3 Å². The zero-order valence-corrected chi connectivity index (χ0v) is 11.2. The molecule has 0 unspecified atom stereocenters. The molecule has 8 heteroatoms. The molecule has 6 nitrogen and oxygen atoms in total. The Hall–Kier alpha value is -2.35. The van der Waals surface area contributed by atoms with E-state index in [-0.39, 0.29) is 17.3 Å². The smallest absolute Gasteiger partial charge is 0.397 e. The number of anilines is 1. The van der Waals surface area contributed by atoms with Crippen LogP contribution in [0.15, 0.2) is 24.3 Å². The van der Waals surface area contributed by atoms with Gasteiger partial charge in [0.1, 0.15) is 5.82 Å². The van der Waals surface area contributed by atoms with E-state index in [1.165, 1.54) is 6.07 Å². The fraction of sp³-hybridized carbons (Fsp3) is 0.167. The standard InChI is InChI=1S/C12H10FN3O3S/c1-2-19-11(18)9(17)14-12-16-15-10(20-12)7-5-3-4-6-8(7)13/h3-6H,2H2,1H3,(H,14,16,17). The molecule has 0 saturated carbocycles. The van der Waals surface area contributed by atoms with Crippen LogP contribution in [0.3, 0.4) is 0 Å². The molecule has 1 heterocycles. The van der Waals surface area contributed by atoms with E-state index in [0.717, 1.165) is 11.3 Å². The Morgan fingerprint density at radius 2 is 2.10 bits per heavy atom. The maximum Gasteiger partial charge on any atom is 0.397 e. The molecule has 20 heavy (non-hydrogen) atoms. The van der Waals surface area contributed by atoms with Crippen LogP contribution in [0.5, 0.6) is 0 Å². The van der Waals surface area contributed by atoms with Gasteiger partial charge in [-0.05, 0) is 19.1 Å². The summed E-state index contributed by atoms with van der Waals surface area (Å²) in [7, 11) is 0. The summed E-state index contributed by atoms with van der Waals surface area (Å²) >= 11 is 0.962. The number of carbonyl (C=O) groups is 2. The van der Waals surface area contributed by atoms with E-state index in [0.29, 0.717) is 5.01 Å². The van der Waals surface area contributed by atoms with Crippen LogP contribution in [-0.4, -0.2) is 28.7 Å². The molecule has 0 spiro atoms. The third-order valence-corrected chi connectivity index (χ3v) is 3.08. The lowest BCUT2D eigenvalue weighted by Crippen LogP contribution is -2.24. The number of nitrogens with one attached hydrogen (secondary N) is 1. The van der Waals surface area contributed by atoms with E-state index in [1.807, 2.05) is 0 Å². The van der Waals surface area contributed by atoms with Crippen molar-refractivity contribution in [2.45, 2.75) is 6.92 Å². The van der Waals surface area contributed by atoms with Crippen LogP contribution in [0.2, 0.25) is 0 Å². The third kappa shape index (κ3) is 3.15. The maximum absolute atomic E-state index is 13.6. The summed E-state index contributed by atoms with van der Waals surface area (Å²) in [5.41, 5.74) is 0.279. The molecule has 2 aromatic rings. The molecule has 1 amide bonds. The van der Waals surface area contributed by atoms with E-state index in [9.17, 15) is 14.0 Å². The Balaban J connectivity index is 2.12. The summed E-state index contributed by atoms with van der Waals surface area (Å²) in [6.07, 6.45) is 0. The van der Waals surface area contributed by atoms with Crippen LogP contribution in [0.4, 0.5) is 9.52 Å². The van der Waals surface area contributed by atoms with Gasteiger partial charge in [-0.1, -0.05) is 23.5 Å². The van der Waals surface area contributed by atoms with Gasteiger partial charge in [0.2, 0.25) is 5.13 Å². The van der Waals surface area contributed by atoms with Crippen LogP contribution in [0.25, 0.3) is 10.6 Å². The van der Waals surface area contributed by atoms with Crippen molar-refractivity contribution in [3.63, 3.8) is 0 Å². The van der Waals surface area contributed by atoms with E-state index < -0.39 is 17.7 Å². The number of carbonyl (C=O) groups excluding carboxylic acids is 2. The lowest BCUT2D eigenvalue weighted by molar-refractivity contribution is -0.152. The van der Waals surface area contributed by atoms with Gasteiger partial charge < -0.3 is 4.74 Å². The second kappa shape index (κ2) is 6.20. The average Bonchev–Trinajstić information content (AvgIpc) is 2.87. The van der Waals surface area contributed by atoms with E-state index >= 15 is 0 Å². The minimum Gasteiger partial charge on any atom is -0.459 e. The highest BCUT2D eigenvalue weighted by atomic mass is 32.1. The Kier molecular flexibility index (Phi) is 4.36. The van der Waals surface area contributed by atoms with Crippen LogP contribution in [0.1, 0.15) is 6.92 Å². The Labute approximate surface area is 117 Å². The Bertz CT molecular complexity index is 644. The summed E-state index contributed by atoms with van der Waals surface area (Å²) in [5.74, 6) is -2.38. The summed E-state index contributed by atoms with van der Waals surface area (Å²) in [4.78, 5) is 22.5. The number of amides is 1. The van der Waals surface area contributed by atoms with E-state index in [1.54, 1.807) is 25.1 Å². The first kappa shape index (κ1) is 14.1. The molecule has 1 aromatic heterocycles. The van der Waals surface area contributed by atoms with Gasteiger partial charge in [0.05, 0.1) is 6.61 Å². The zero-order chi connectivity index (χ0) is 14.5. The number of ether oxygens (including phenoxy) is 1. The quantitative estimate of drug-likeness (QED) is 0.690. The van der Waals surface area contributed by atoms with Crippen molar-refractivity contribution >= 4 is 28.3 Å². The van der Waals surface area contributed by atoms with Crippen LogP contribution < -0.4 is 5.32 Å². The minimum atomic E-state index is -1.00. The minimum absolute atomic E-state index is 0.0984. The highest BCUT2D eigenvalue weighted by Crippen LogP contribution is 2.28. The van der Waals surface area contributed by atoms with Gasteiger partial charge in [-0.15, -0.1) is 10.2 Å². The molecule has 0 aliphatic carbocycles. The number of aromatic nitrogens is 2. The number of rotatable bonds is 3.